The molecule has 0 spiro atoms. The zero-order valence-electron chi connectivity index (χ0n) is 11.2. The van der Waals surface area contributed by atoms with E-state index in [-0.39, 0.29) is 0 Å². The molecule has 0 amide bonds. The van der Waals surface area contributed by atoms with Gasteiger partial charge in [-0.25, -0.2) is 4.98 Å². The van der Waals surface area contributed by atoms with Crippen LogP contribution in [0.15, 0.2) is 36.7 Å². The molecule has 1 aromatic carbocycles. The Morgan fingerprint density at radius 1 is 1.26 bits per heavy atom. The lowest BCUT2D eigenvalue weighted by molar-refractivity contribution is 0.453. The zero-order valence-corrected chi connectivity index (χ0v) is 11.2. The van der Waals surface area contributed by atoms with Crippen LogP contribution in [0.25, 0.3) is 0 Å². The molecule has 0 bridgehead atoms. The third kappa shape index (κ3) is 3.24. The summed E-state index contributed by atoms with van der Waals surface area (Å²) >= 11 is 0. The summed E-state index contributed by atoms with van der Waals surface area (Å²) in [6, 6.07) is 9.48. The smallest absolute Gasteiger partial charge is 0.106 e. The molecule has 1 atom stereocenters. The molecule has 1 aliphatic rings. The van der Waals surface area contributed by atoms with Gasteiger partial charge >= 0.3 is 0 Å². The first-order valence-corrected chi connectivity index (χ1v) is 7.20. The second-order valence-corrected chi connectivity index (χ2v) is 5.30. The first-order chi connectivity index (χ1) is 9.42. The molecule has 0 saturated carbocycles. The van der Waals surface area contributed by atoms with Gasteiger partial charge in [0, 0.05) is 24.9 Å². The zero-order chi connectivity index (χ0) is 12.9. The number of imidazole rings is 1. The van der Waals surface area contributed by atoms with E-state index in [0.29, 0.717) is 6.04 Å². The van der Waals surface area contributed by atoms with E-state index in [2.05, 4.69) is 39.6 Å². The number of nitrogens with zero attached hydrogens (tertiary/aromatic N) is 1. The van der Waals surface area contributed by atoms with Gasteiger partial charge in [0.05, 0.1) is 0 Å². The molecule has 1 heterocycles. The van der Waals surface area contributed by atoms with Crippen LogP contribution in [0.3, 0.4) is 0 Å². The molecule has 19 heavy (non-hydrogen) atoms. The normalized spacial score (nSPS) is 18.2. The van der Waals surface area contributed by atoms with Crippen molar-refractivity contribution in [2.45, 2.75) is 38.1 Å². The Hall–Kier alpha value is -1.61. The maximum absolute atomic E-state index is 4.25. The molecule has 2 N–H and O–H groups in total. The van der Waals surface area contributed by atoms with Crippen LogP contribution in [0.2, 0.25) is 0 Å². The van der Waals surface area contributed by atoms with Crippen LogP contribution in [0, 0.1) is 0 Å². The van der Waals surface area contributed by atoms with Crippen molar-refractivity contribution in [3.63, 3.8) is 0 Å². The maximum atomic E-state index is 4.25. The fourth-order valence-corrected chi connectivity index (χ4v) is 2.87. The molecule has 3 nitrogen and oxygen atoms in total. The number of aromatic amines is 1. The van der Waals surface area contributed by atoms with Gasteiger partial charge in [-0.3, -0.25) is 0 Å². The van der Waals surface area contributed by atoms with Gasteiger partial charge in [0.25, 0.3) is 0 Å². The SMILES string of the molecule is c1ccc2c(c1)CCC(NCCCc1ncc[nH]1)C2. The highest BCUT2D eigenvalue weighted by atomic mass is 14.9. The Kier molecular flexibility index (Phi) is 3.94. The highest BCUT2D eigenvalue weighted by molar-refractivity contribution is 5.30. The summed E-state index contributed by atoms with van der Waals surface area (Å²) in [4.78, 5) is 7.40. The molecule has 0 fully saturated rings. The van der Waals surface area contributed by atoms with E-state index in [1.54, 1.807) is 0 Å². The maximum Gasteiger partial charge on any atom is 0.106 e. The molecular formula is C16H21N3. The van der Waals surface area contributed by atoms with Crippen molar-refractivity contribution in [1.29, 1.82) is 0 Å². The molecule has 1 aliphatic carbocycles. The standard InChI is InChI=1S/C16H21N3/c1-2-5-14-12-15(8-7-13(14)4-1)17-9-3-6-16-18-10-11-19-16/h1-2,4-5,10-11,15,17H,3,6-9,12H2,(H,18,19). The summed E-state index contributed by atoms with van der Waals surface area (Å²) in [6.07, 6.45) is 9.54. The molecular weight excluding hydrogens is 234 g/mol. The largest absolute Gasteiger partial charge is 0.349 e. The fourth-order valence-electron chi connectivity index (χ4n) is 2.87. The summed E-state index contributed by atoms with van der Waals surface area (Å²) in [5, 5.41) is 3.68. The van der Waals surface area contributed by atoms with Crippen LogP contribution in [0.1, 0.15) is 29.8 Å². The van der Waals surface area contributed by atoms with Crippen LogP contribution >= 0.6 is 0 Å². The monoisotopic (exact) mass is 255 g/mol. The van der Waals surface area contributed by atoms with Crippen molar-refractivity contribution in [2.75, 3.05) is 6.54 Å². The highest BCUT2D eigenvalue weighted by Crippen LogP contribution is 2.20. The number of nitrogens with one attached hydrogen (secondary N) is 2. The number of rotatable bonds is 5. The minimum Gasteiger partial charge on any atom is -0.349 e. The lowest BCUT2D eigenvalue weighted by Gasteiger charge is -2.25. The third-order valence-electron chi connectivity index (χ3n) is 3.93. The molecule has 0 radical (unpaired) electrons. The van der Waals surface area contributed by atoms with Crippen LogP contribution in [-0.4, -0.2) is 22.6 Å². The predicted molar refractivity (Wildman–Crippen MR) is 77.2 cm³/mol. The van der Waals surface area contributed by atoms with Crippen molar-refractivity contribution in [3.05, 3.63) is 53.6 Å². The highest BCUT2D eigenvalue weighted by Gasteiger charge is 2.17. The molecule has 1 aromatic heterocycles. The quantitative estimate of drug-likeness (QED) is 0.806. The van der Waals surface area contributed by atoms with Crippen molar-refractivity contribution in [2.24, 2.45) is 0 Å². The van der Waals surface area contributed by atoms with E-state index in [9.17, 15) is 0 Å². The Balaban J connectivity index is 1.42. The van der Waals surface area contributed by atoms with E-state index >= 15 is 0 Å². The molecule has 0 aliphatic heterocycles. The van der Waals surface area contributed by atoms with E-state index < -0.39 is 0 Å². The molecule has 1 unspecified atom stereocenters. The van der Waals surface area contributed by atoms with Gasteiger partial charge in [0.2, 0.25) is 0 Å². The Morgan fingerprint density at radius 3 is 3.00 bits per heavy atom. The average Bonchev–Trinajstić information content (AvgIpc) is 2.97. The fraction of sp³-hybridized carbons (Fsp3) is 0.438. The van der Waals surface area contributed by atoms with E-state index in [4.69, 9.17) is 0 Å². The van der Waals surface area contributed by atoms with Gasteiger partial charge in [0.15, 0.2) is 0 Å². The summed E-state index contributed by atoms with van der Waals surface area (Å²) in [5.74, 6) is 1.09. The Bertz CT molecular complexity index is 504. The lowest BCUT2D eigenvalue weighted by Crippen LogP contribution is -2.35. The second kappa shape index (κ2) is 6.02. The van der Waals surface area contributed by atoms with Crippen LogP contribution in [0.5, 0.6) is 0 Å². The number of aromatic nitrogens is 2. The van der Waals surface area contributed by atoms with Gasteiger partial charge in [-0.05, 0) is 43.4 Å². The molecule has 2 aromatic rings. The van der Waals surface area contributed by atoms with Crippen molar-refractivity contribution in [1.82, 2.24) is 15.3 Å². The first kappa shape index (κ1) is 12.4. The number of hydrogen-bond donors (Lipinski definition) is 2. The predicted octanol–water partition coefficient (Wildman–Crippen LogP) is 2.49. The van der Waals surface area contributed by atoms with Crippen LogP contribution in [-0.2, 0) is 19.3 Å². The van der Waals surface area contributed by atoms with Gasteiger partial charge < -0.3 is 10.3 Å². The lowest BCUT2D eigenvalue weighted by atomic mass is 9.88. The first-order valence-electron chi connectivity index (χ1n) is 7.20. The van der Waals surface area contributed by atoms with Crippen molar-refractivity contribution >= 4 is 0 Å². The van der Waals surface area contributed by atoms with Gasteiger partial charge in [0.1, 0.15) is 5.82 Å². The second-order valence-electron chi connectivity index (χ2n) is 5.30. The number of H-pyrrole nitrogens is 1. The molecule has 3 heteroatoms. The van der Waals surface area contributed by atoms with E-state index in [0.717, 1.165) is 25.2 Å². The Labute approximate surface area is 114 Å². The van der Waals surface area contributed by atoms with Gasteiger partial charge in [-0.2, -0.15) is 0 Å². The summed E-state index contributed by atoms with van der Waals surface area (Å²) in [6.45, 7) is 1.08. The van der Waals surface area contributed by atoms with Crippen LogP contribution in [0.4, 0.5) is 0 Å². The molecule has 0 saturated heterocycles. The average molecular weight is 255 g/mol. The summed E-state index contributed by atoms with van der Waals surface area (Å²) in [7, 11) is 0. The molecule has 3 rings (SSSR count). The van der Waals surface area contributed by atoms with E-state index in [1.807, 2.05) is 12.4 Å². The van der Waals surface area contributed by atoms with Gasteiger partial charge in [-0.1, -0.05) is 24.3 Å². The van der Waals surface area contributed by atoms with E-state index in [1.165, 1.54) is 30.4 Å². The number of benzene rings is 1. The minimum atomic E-state index is 0.645. The summed E-state index contributed by atoms with van der Waals surface area (Å²) in [5.41, 5.74) is 3.06. The van der Waals surface area contributed by atoms with Crippen LogP contribution < -0.4 is 5.32 Å². The number of hydrogen-bond acceptors (Lipinski definition) is 2. The van der Waals surface area contributed by atoms with Crippen molar-refractivity contribution in [3.8, 4) is 0 Å². The number of aryl methyl sites for hydroxylation is 2. The minimum absolute atomic E-state index is 0.645. The topological polar surface area (TPSA) is 40.7 Å². The summed E-state index contributed by atoms with van der Waals surface area (Å²) < 4.78 is 0. The molecule has 100 valence electrons. The third-order valence-corrected chi connectivity index (χ3v) is 3.93. The van der Waals surface area contributed by atoms with Crippen molar-refractivity contribution < 1.29 is 0 Å². The Morgan fingerprint density at radius 2 is 2.16 bits per heavy atom. The number of fused-ring (bicyclic) bond motifs is 1. The van der Waals surface area contributed by atoms with Gasteiger partial charge in [-0.15, -0.1) is 0 Å².